The van der Waals surface area contributed by atoms with E-state index in [-0.39, 0.29) is 30.0 Å². The summed E-state index contributed by atoms with van der Waals surface area (Å²) in [5.41, 5.74) is 0.287. The fourth-order valence-corrected chi connectivity index (χ4v) is 5.07. The smallest absolute Gasteiger partial charge is 0.324 e. The highest BCUT2D eigenvalue weighted by atomic mass is 16.5. The zero-order valence-electron chi connectivity index (χ0n) is 21.5. The standard InChI is InChI=1S/C26H50N2O4/c1-6-22-23(30)28(24(31)27-22)21-26(9-4,10-5)16-12-14-20-32-19-13-11-15-25(7-2,8-3)17-18-29/h22,29H,6-21H2,1-5H3,(H,27,31). The maximum absolute atomic E-state index is 12.5. The molecule has 1 saturated heterocycles. The van der Waals surface area contributed by atoms with Gasteiger partial charge in [0.15, 0.2) is 0 Å². The van der Waals surface area contributed by atoms with Gasteiger partial charge in [0.1, 0.15) is 6.04 Å². The van der Waals surface area contributed by atoms with Crippen molar-refractivity contribution in [2.75, 3.05) is 26.4 Å². The Labute approximate surface area is 196 Å². The van der Waals surface area contributed by atoms with Crippen molar-refractivity contribution in [2.24, 2.45) is 10.8 Å². The molecule has 0 aromatic rings. The molecule has 0 aromatic heterocycles. The highest BCUT2D eigenvalue weighted by molar-refractivity contribution is 6.04. The molecule has 3 amide bonds. The van der Waals surface area contributed by atoms with Gasteiger partial charge in [0.25, 0.3) is 5.91 Å². The van der Waals surface area contributed by atoms with E-state index in [1.54, 1.807) is 0 Å². The number of hydrogen-bond donors (Lipinski definition) is 2. The third-order valence-electron chi connectivity index (χ3n) is 8.14. The van der Waals surface area contributed by atoms with Crippen LogP contribution < -0.4 is 5.32 Å². The van der Waals surface area contributed by atoms with Crippen molar-refractivity contribution < 1.29 is 19.4 Å². The number of rotatable bonds is 19. The third kappa shape index (κ3) is 8.33. The molecule has 1 atom stereocenters. The molecule has 1 aliphatic heterocycles. The van der Waals surface area contributed by atoms with Crippen LogP contribution in [-0.4, -0.2) is 54.4 Å². The van der Waals surface area contributed by atoms with Crippen molar-refractivity contribution in [3.8, 4) is 0 Å². The highest BCUT2D eigenvalue weighted by Gasteiger charge is 2.41. The predicted octanol–water partition coefficient (Wildman–Crippen LogP) is 5.67. The number of urea groups is 1. The normalized spacial score (nSPS) is 17.3. The minimum absolute atomic E-state index is 0.00796. The Morgan fingerprint density at radius 1 is 0.844 bits per heavy atom. The molecule has 0 radical (unpaired) electrons. The van der Waals surface area contributed by atoms with Gasteiger partial charge in [-0.25, -0.2) is 4.79 Å². The van der Waals surface area contributed by atoms with Gasteiger partial charge in [-0.05, 0) is 62.2 Å². The molecule has 0 aliphatic carbocycles. The monoisotopic (exact) mass is 454 g/mol. The number of imide groups is 1. The zero-order chi connectivity index (χ0) is 24.0. The lowest BCUT2D eigenvalue weighted by molar-refractivity contribution is -0.128. The van der Waals surface area contributed by atoms with Crippen LogP contribution in [0.15, 0.2) is 0 Å². The average molecular weight is 455 g/mol. The second kappa shape index (κ2) is 14.9. The zero-order valence-corrected chi connectivity index (χ0v) is 21.5. The number of aliphatic hydroxyl groups excluding tert-OH is 1. The third-order valence-corrected chi connectivity index (χ3v) is 8.14. The first-order valence-corrected chi connectivity index (χ1v) is 13.2. The number of unbranched alkanes of at least 4 members (excludes halogenated alkanes) is 2. The van der Waals surface area contributed by atoms with Crippen LogP contribution in [0.5, 0.6) is 0 Å². The van der Waals surface area contributed by atoms with Crippen molar-refractivity contribution in [1.82, 2.24) is 10.2 Å². The summed E-state index contributed by atoms with van der Waals surface area (Å²) in [6.07, 6.45) is 12.2. The first-order valence-electron chi connectivity index (χ1n) is 13.2. The SMILES string of the molecule is CCC1NC(=O)N(CC(CC)(CC)CCCCOCCCCC(CC)(CC)CCO)C1=O. The number of nitrogens with one attached hydrogen (secondary N) is 1. The van der Waals surface area contributed by atoms with Gasteiger partial charge >= 0.3 is 6.03 Å². The van der Waals surface area contributed by atoms with Crippen molar-refractivity contribution in [3.05, 3.63) is 0 Å². The van der Waals surface area contributed by atoms with Gasteiger partial charge < -0.3 is 15.2 Å². The summed E-state index contributed by atoms with van der Waals surface area (Å²) in [6.45, 7) is 13.1. The van der Waals surface area contributed by atoms with Crippen LogP contribution >= 0.6 is 0 Å². The van der Waals surface area contributed by atoms with E-state index >= 15 is 0 Å². The summed E-state index contributed by atoms with van der Waals surface area (Å²) < 4.78 is 5.88. The van der Waals surface area contributed by atoms with Crippen molar-refractivity contribution in [1.29, 1.82) is 0 Å². The van der Waals surface area contributed by atoms with Gasteiger partial charge in [-0.3, -0.25) is 9.69 Å². The molecule has 188 valence electrons. The molecule has 2 N–H and O–H groups in total. The first-order chi connectivity index (χ1) is 15.4. The molecule has 6 nitrogen and oxygen atoms in total. The molecule has 1 rings (SSSR count). The van der Waals surface area contributed by atoms with Crippen LogP contribution in [-0.2, 0) is 9.53 Å². The lowest BCUT2D eigenvalue weighted by Gasteiger charge is -2.34. The van der Waals surface area contributed by atoms with E-state index in [0.29, 0.717) is 18.4 Å². The number of aliphatic hydroxyl groups is 1. The summed E-state index contributed by atoms with van der Waals surface area (Å²) in [5, 5.41) is 12.1. The van der Waals surface area contributed by atoms with Crippen LogP contribution in [0.25, 0.3) is 0 Å². The van der Waals surface area contributed by atoms with Crippen molar-refractivity contribution in [3.63, 3.8) is 0 Å². The molecular formula is C26H50N2O4. The van der Waals surface area contributed by atoms with E-state index in [9.17, 15) is 14.7 Å². The Bertz CT molecular complexity index is 544. The van der Waals surface area contributed by atoms with Gasteiger partial charge in [0.2, 0.25) is 0 Å². The molecule has 1 aliphatic rings. The molecule has 1 unspecified atom stereocenters. The molecule has 6 heteroatoms. The Hall–Kier alpha value is -1.14. The molecule has 32 heavy (non-hydrogen) atoms. The molecule has 0 aromatic carbocycles. The van der Waals surface area contributed by atoms with E-state index in [1.807, 2.05) is 6.92 Å². The molecule has 1 heterocycles. The Morgan fingerprint density at radius 2 is 1.38 bits per heavy atom. The number of hydrogen-bond acceptors (Lipinski definition) is 4. The lowest BCUT2D eigenvalue weighted by atomic mass is 9.75. The minimum Gasteiger partial charge on any atom is -0.396 e. The van der Waals surface area contributed by atoms with E-state index in [4.69, 9.17) is 4.74 Å². The Balaban J connectivity index is 2.31. The summed E-state index contributed by atoms with van der Waals surface area (Å²) in [5.74, 6) is -0.0683. The summed E-state index contributed by atoms with van der Waals surface area (Å²) in [6, 6.07) is -0.587. The Kier molecular flexibility index (Phi) is 13.4. The second-order valence-electron chi connectivity index (χ2n) is 9.75. The molecule has 0 spiro atoms. The molecule has 0 bridgehead atoms. The van der Waals surface area contributed by atoms with Crippen LogP contribution in [0.3, 0.4) is 0 Å². The predicted molar refractivity (Wildman–Crippen MR) is 131 cm³/mol. The van der Waals surface area contributed by atoms with E-state index in [1.165, 1.54) is 11.3 Å². The molecule has 0 saturated carbocycles. The van der Waals surface area contributed by atoms with Crippen molar-refractivity contribution in [2.45, 2.75) is 118 Å². The maximum Gasteiger partial charge on any atom is 0.324 e. The number of carbonyl (C=O) groups excluding carboxylic acids is 2. The number of carbonyl (C=O) groups is 2. The minimum atomic E-state index is -0.356. The first kappa shape index (κ1) is 28.9. The van der Waals surface area contributed by atoms with Gasteiger partial charge in [-0.1, -0.05) is 60.3 Å². The van der Waals surface area contributed by atoms with Crippen LogP contribution in [0, 0.1) is 10.8 Å². The maximum atomic E-state index is 12.5. The molecular weight excluding hydrogens is 404 g/mol. The van der Waals surface area contributed by atoms with Gasteiger partial charge in [0, 0.05) is 26.4 Å². The van der Waals surface area contributed by atoms with E-state index < -0.39 is 0 Å². The number of amides is 3. The van der Waals surface area contributed by atoms with E-state index in [0.717, 1.165) is 77.4 Å². The average Bonchev–Trinajstić information content (AvgIpc) is 3.08. The summed E-state index contributed by atoms with van der Waals surface area (Å²) in [7, 11) is 0. The van der Waals surface area contributed by atoms with Gasteiger partial charge in [0.05, 0.1) is 0 Å². The largest absolute Gasteiger partial charge is 0.396 e. The van der Waals surface area contributed by atoms with Crippen LogP contribution in [0.2, 0.25) is 0 Å². The Morgan fingerprint density at radius 3 is 1.81 bits per heavy atom. The summed E-state index contributed by atoms with van der Waals surface area (Å²) in [4.78, 5) is 26.2. The fourth-order valence-electron chi connectivity index (χ4n) is 5.07. The fraction of sp³-hybridized carbons (Fsp3) is 0.923. The molecule has 1 fully saturated rings. The lowest BCUT2D eigenvalue weighted by Crippen LogP contribution is -2.41. The topological polar surface area (TPSA) is 78.9 Å². The number of ether oxygens (including phenoxy) is 1. The van der Waals surface area contributed by atoms with Crippen LogP contribution in [0.1, 0.15) is 112 Å². The van der Waals surface area contributed by atoms with Gasteiger partial charge in [-0.2, -0.15) is 0 Å². The summed E-state index contributed by atoms with van der Waals surface area (Å²) >= 11 is 0. The number of nitrogens with zero attached hydrogens (tertiary/aromatic N) is 1. The van der Waals surface area contributed by atoms with Crippen LogP contribution in [0.4, 0.5) is 4.79 Å². The van der Waals surface area contributed by atoms with E-state index in [2.05, 4.69) is 33.0 Å². The van der Waals surface area contributed by atoms with Gasteiger partial charge in [-0.15, -0.1) is 0 Å². The second-order valence-corrected chi connectivity index (χ2v) is 9.75. The highest BCUT2D eigenvalue weighted by Crippen LogP contribution is 2.36. The van der Waals surface area contributed by atoms with Crippen molar-refractivity contribution >= 4 is 11.9 Å². The quantitative estimate of drug-likeness (QED) is 0.195.